The Morgan fingerprint density at radius 3 is 2.55 bits per heavy atom. The molecule has 146 valence electrons. The number of aliphatic imine (C=N–C) groups is 1. The molecule has 1 aromatic heterocycles. The lowest BCUT2D eigenvalue weighted by molar-refractivity contribution is -0.113. The summed E-state index contributed by atoms with van der Waals surface area (Å²) in [5, 5.41) is 3.80. The van der Waals surface area contributed by atoms with E-state index in [2.05, 4.69) is 4.99 Å². The van der Waals surface area contributed by atoms with Crippen LogP contribution in [0, 0.1) is 0 Å². The summed E-state index contributed by atoms with van der Waals surface area (Å²) in [6.45, 7) is 1.77. The number of halogens is 1. The molecule has 1 fully saturated rings. The minimum atomic E-state index is -0.794. The average Bonchev–Trinajstić information content (AvgIpc) is 2.92. The van der Waals surface area contributed by atoms with Crippen LogP contribution in [0.2, 0.25) is 5.02 Å². The molecule has 0 radical (unpaired) electrons. The summed E-state index contributed by atoms with van der Waals surface area (Å²) < 4.78 is 5.52. The SMILES string of the molecule is CC1C(=NC(=O)c2cc(=O)c3cc(Cl)ccc3o2)C(=O)N(c2ccccc2)N1C. The summed E-state index contributed by atoms with van der Waals surface area (Å²) >= 11 is 5.90. The molecule has 0 aliphatic carbocycles. The van der Waals surface area contributed by atoms with Crippen LogP contribution < -0.4 is 10.4 Å². The fourth-order valence-electron chi connectivity index (χ4n) is 3.19. The molecular formula is C21H16ClN3O4. The van der Waals surface area contributed by atoms with Crippen LogP contribution in [0.5, 0.6) is 0 Å². The Kier molecular flexibility index (Phi) is 4.77. The first kappa shape index (κ1) is 19.0. The van der Waals surface area contributed by atoms with E-state index >= 15 is 0 Å². The minimum Gasteiger partial charge on any atom is -0.451 e. The van der Waals surface area contributed by atoms with Crippen LogP contribution in [0.1, 0.15) is 17.5 Å². The van der Waals surface area contributed by atoms with E-state index in [0.717, 1.165) is 6.07 Å². The number of carbonyl (C=O) groups is 2. The molecule has 0 saturated carbocycles. The molecule has 3 aromatic rings. The van der Waals surface area contributed by atoms with E-state index in [4.69, 9.17) is 16.0 Å². The van der Waals surface area contributed by atoms with Crippen molar-refractivity contribution < 1.29 is 14.0 Å². The van der Waals surface area contributed by atoms with Crippen molar-refractivity contribution in [1.29, 1.82) is 0 Å². The van der Waals surface area contributed by atoms with E-state index in [1.165, 1.54) is 17.1 Å². The third kappa shape index (κ3) is 3.35. The van der Waals surface area contributed by atoms with Crippen molar-refractivity contribution >= 4 is 45.8 Å². The molecular weight excluding hydrogens is 394 g/mol. The molecule has 0 N–H and O–H groups in total. The normalized spacial score (nSPS) is 18.7. The predicted octanol–water partition coefficient (Wildman–Crippen LogP) is 3.31. The molecule has 1 unspecified atom stereocenters. The Labute approximate surface area is 170 Å². The Balaban J connectivity index is 1.71. The molecule has 2 amide bonds. The van der Waals surface area contributed by atoms with Crippen molar-refractivity contribution in [3.05, 3.63) is 75.6 Å². The van der Waals surface area contributed by atoms with E-state index < -0.39 is 23.3 Å². The number of rotatable bonds is 2. The van der Waals surface area contributed by atoms with Gasteiger partial charge in [0, 0.05) is 18.1 Å². The summed E-state index contributed by atoms with van der Waals surface area (Å²) in [7, 11) is 1.74. The van der Waals surface area contributed by atoms with E-state index in [1.807, 2.05) is 18.2 Å². The minimum absolute atomic E-state index is 0.0696. The zero-order valence-electron chi connectivity index (χ0n) is 15.6. The Hall–Kier alpha value is -3.29. The lowest BCUT2D eigenvalue weighted by Gasteiger charge is -2.25. The smallest absolute Gasteiger partial charge is 0.313 e. The van der Waals surface area contributed by atoms with Gasteiger partial charge in [-0.1, -0.05) is 29.8 Å². The van der Waals surface area contributed by atoms with Crippen LogP contribution in [-0.4, -0.2) is 35.6 Å². The van der Waals surface area contributed by atoms with Gasteiger partial charge in [-0.05, 0) is 37.3 Å². The van der Waals surface area contributed by atoms with E-state index in [9.17, 15) is 14.4 Å². The maximum absolute atomic E-state index is 12.9. The molecule has 1 aliphatic heterocycles. The van der Waals surface area contributed by atoms with E-state index in [-0.39, 0.29) is 22.4 Å². The summed E-state index contributed by atoms with van der Waals surface area (Å²) in [6.07, 6.45) is 0. The number of fused-ring (bicyclic) bond motifs is 1. The van der Waals surface area contributed by atoms with E-state index in [1.54, 1.807) is 37.2 Å². The molecule has 7 nitrogen and oxygen atoms in total. The van der Waals surface area contributed by atoms with Gasteiger partial charge in [0.2, 0.25) is 0 Å². The largest absolute Gasteiger partial charge is 0.451 e. The second-order valence-electron chi connectivity index (χ2n) is 6.62. The summed E-state index contributed by atoms with van der Waals surface area (Å²) in [6, 6.07) is 14.2. The van der Waals surface area contributed by atoms with Gasteiger partial charge in [-0.3, -0.25) is 14.4 Å². The number of hydrazine groups is 1. The zero-order chi connectivity index (χ0) is 20.7. The van der Waals surface area contributed by atoms with Crippen molar-refractivity contribution in [1.82, 2.24) is 5.01 Å². The monoisotopic (exact) mass is 409 g/mol. The molecule has 0 spiro atoms. The molecule has 8 heteroatoms. The first-order valence-corrected chi connectivity index (χ1v) is 9.23. The third-order valence-electron chi connectivity index (χ3n) is 4.81. The fourth-order valence-corrected chi connectivity index (χ4v) is 3.36. The van der Waals surface area contributed by atoms with Crippen LogP contribution in [0.4, 0.5) is 5.69 Å². The lowest BCUT2D eigenvalue weighted by Crippen LogP contribution is -2.38. The van der Waals surface area contributed by atoms with Crippen molar-refractivity contribution in [3.8, 4) is 0 Å². The molecule has 4 rings (SSSR count). The number of para-hydroxylation sites is 1. The Morgan fingerprint density at radius 2 is 1.83 bits per heavy atom. The maximum Gasteiger partial charge on any atom is 0.313 e. The number of nitrogens with zero attached hydrogens (tertiary/aromatic N) is 3. The topological polar surface area (TPSA) is 83.2 Å². The van der Waals surface area contributed by atoms with Gasteiger partial charge in [0.15, 0.2) is 11.2 Å². The van der Waals surface area contributed by atoms with Gasteiger partial charge in [-0.15, -0.1) is 0 Å². The van der Waals surface area contributed by atoms with Crippen LogP contribution in [-0.2, 0) is 4.79 Å². The van der Waals surface area contributed by atoms with Crippen LogP contribution in [0.15, 0.2) is 68.8 Å². The second kappa shape index (κ2) is 7.27. The molecule has 1 aliphatic rings. The first-order valence-electron chi connectivity index (χ1n) is 8.85. The zero-order valence-corrected chi connectivity index (χ0v) is 16.4. The quantitative estimate of drug-likeness (QED) is 0.648. The van der Waals surface area contributed by atoms with E-state index in [0.29, 0.717) is 10.7 Å². The second-order valence-corrected chi connectivity index (χ2v) is 7.06. The number of hydrogen-bond donors (Lipinski definition) is 0. The number of hydrogen-bond acceptors (Lipinski definition) is 5. The highest BCUT2D eigenvalue weighted by molar-refractivity contribution is 6.48. The number of amides is 2. The standard InChI is InChI=1S/C21H16ClN3O4/c1-12-19(21(28)25(24(12)2)14-6-4-3-5-7-14)23-20(27)18-11-16(26)15-10-13(22)8-9-17(15)29-18/h3-12H,1-2H3. The Morgan fingerprint density at radius 1 is 1.10 bits per heavy atom. The van der Waals surface area contributed by atoms with Gasteiger partial charge in [0.1, 0.15) is 11.3 Å². The summed E-state index contributed by atoms with van der Waals surface area (Å²) in [5.74, 6) is -1.44. The predicted molar refractivity (Wildman–Crippen MR) is 110 cm³/mol. The maximum atomic E-state index is 12.9. The highest BCUT2D eigenvalue weighted by atomic mass is 35.5. The highest BCUT2D eigenvalue weighted by Gasteiger charge is 2.40. The van der Waals surface area contributed by atoms with Crippen molar-refractivity contribution in [2.75, 3.05) is 12.1 Å². The van der Waals surface area contributed by atoms with Crippen LogP contribution in [0.3, 0.4) is 0 Å². The molecule has 2 heterocycles. The fraction of sp³-hybridized carbons (Fsp3) is 0.143. The lowest BCUT2D eigenvalue weighted by atomic mass is 10.2. The van der Waals surface area contributed by atoms with Gasteiger partial charge < -0.3 is 4.42 Å². The third-order valence-corrected chi connectivity index (χ3v) is 5.04. The molecule has 29 heavy (non-hydrogen) atoms. The summed E-state index contributed by atoms with van der Waals surface area (Å²) in [4.78, 5) is 41.9. The van der Waals surface area contributed by atoms with Gasteiger partial charge in [-0.25, -0.2) is 15.0 Å². The molecule has 1 saturated heterocycles. The van der Waals surface area contributed by atoms with Crippen molar-refractivity contribution in [3.63, 3.8) is 0 Å². The Bertz CT molecular complexity index is 1220. The molecule has 2 aromatic carbocycles. The summed E-state index contributed by atoms with van der Waals surface area (Å²) in [5.41, 5.74) is 0.546. The number of benzene rings is 2. The number of carbonyl (C=O) groups excluding carboxylic acids is 2. The van der Waals surface area contributed by atoms with Gasteiger partial charge in [0.05, 0.1) is 17.1 Å². The first-order chi connectivity index (χ1) is 13.9. The molecule has 0 bridgehead atoms. The van der Waals surface area contributed by atoms with Crippen LogP contribution >= 0.6 is 11.6 Å². The van der Waals surface area contributed by atoms with Crippen molar-refractivity contribution in [2.24, 2.45) is 4.99 Å². The van der Waals surface area contributed by atoms with Gasteiger partial charge in [0.25, 0.3) is 5.91 Å². The van der Waals surface area contributed by atoms with Crippen molar-refractivity contribution in [2.45, 2.75) is 13.0 Å². The number of anilines is 1. The highest BCUT2D eigenvalue weighted by Crippen LogP contribution is 2.24. The molecule has 1 atom stereocenters. The average molecular weight is 410 g/mol. The van der Waals surface area contributed by atoms with Gasteiger partial charge in [-0.2, -0.15) is 0 Å². The van der Waals surface area contributed by atoms with Crippen LogP contribution in [0.25, 0.3) is 11.0 Å². The van der Waals surface area contributed by atoms with Gasteiger partial charge >= 0.3 is 5.91 Å².